The van der Waals surface area contributed by atoms with Crippen LogP contribution in [0.25, 0.3) is 0 Å². The molecule has 0 radical (unpaired) electrons. The molecule has 2 N–H and O–H groups in total. The van der Waals surface area contributed by atoms with Crippen LogP contribution in [0.4, 0.5) is 0 Å². The highest BCUT2D eigenvalue weighted by Gasteiger charge is 2.38. The van der Waals surface area contributed by atoms with Gasteiger partial charge in [0.05, 0.1) is 5.54 Å². The maximum atomic E-state index is 6.18. The van der Waals surface area contributed by atoms with Crippen molar-refractivity contribution in [3.8, 4) is 0 Å². The third-order valence-electron chi connectivity index (χ3n) is 4.25. The second kappa shape index (κ2) is 6.09. The van der Waals surface area contributed by atoms with Gasteiger partial charge in [-0.25, -0.2) is 0 Å². The molecule has 1 atom stereocenters. The van der Waals surface area contributed by atoms with Crippen molar-refractivity contribution in [1.29, 1.82) is 0 Å². The van der Waals surface area contributed by atoms with Crippen molar-refractivity contribution in [2.45, 2.75) is 24.8 Å². The van der Waals surface area contributed by atoms with Gasteiger partial charge in [0, 0.05) is 18.8 Å². The van der Waals surface area contributed by atoms with E-state index in [4.69, 9.17) is 5.73 Å². The van der Waals surface area contributed by atoms with Gasteiger partial charge in [0.2, 0.25) is 0 Å². The van der Waals surface area contributed by atoms with Gasteiger partial charge in [0.1, 0.15) is 0 Å². The van der Waals surface area contributed by atoms with Gasteiger partial charge in [-0.05, 0) is 43.7 Å². The number of likely N-dealkylation sites (N-methyl/N-ethyl adjacent to an activating group) is 1. The summed E-state index contributed by atoms with van der Waals surface area (Å²) in [7, 11) is 2.23. The molecule has 0 saturated carbocycles. The zero-order valence-electron chi connectivity index (χ0n) is 11.5. The summed E-state index contributed by atoms with van der Waals surface area (Å²) in [4.78, 5) is 2.47. The van der Waals surface area contributed by atoms with Crippen molar-refractivity contribution >= 4 is 11.8 Å². The monoisotopic (exact) mass is 264 g/mol. The van der Waals surface area contributed by atoms with Gasteiger partial charge in [0.25, 0.3) is 0 Å². The Morgan fingerprint density at radius 3 is 2.89 bits per heavy atom. The van der Waals surface area contributed by atoms with E-state index in [0.717, 1.165) is 13.1 Å². The van der Waals surface area contributed by atoms with Crippen molar-refractivity contribution in [3.63, 3.8) is 0 Å². The molecule has 0 bridgehead atoms. The first-order valence-electron chi connectivity index (χ1n) is 6.73. The van der Waals surface area contributed by atoms with Crippen LogP contribution >= 0.6 is 11.8 Å². The zero-order chi connectivity index (χ0) is 13.0. The van der Waals surface area contributed by atoms with Gasteiger partial charge >= 0.3 is 0 Å². The SMILES string of the molecule is CSCCN(C)C1(CN)CCCc2ccccc21. The summed E-state index contributed by atoms with van der Waals surface area (Å²) >= 11 is 1.90. The van der Waals surface area contributed by atoms with Gasteiger partial charge in [-0.1, -0.05) is 24.3 Å². The topological polar surface area (TPSA) is 29.3 Å². The molecule has 1 aromatic carbocycles. The Morgan fingerprint density at radius 2 is 2.17 bits per heavy atom. The van der Waals surface area contributed by atoms with E-state index in [-0.39, 0.29) is 5.54 Å². The Hall–Kier alpha value is -0.510. The number of benzene rings is 1. The van der Waals surface area contributed by atoms with Crippen molar-refractivity contribution < 1.29 is 0 Å². The minimum Gasteiger partial charge on any atom is -0.328 e. The molecule has 0 fully saturated rings. The van der Waals surface area contributed by atoms with Crippen LogP contribution in [0, 0.1) is 0 Å². The molecule has 3 heteroatoms. The standard InChI is InChI=1S/C15H24N2S/c1-17(10-11-18-2)15(12-16)9-5-7-13-6-3-4-8-14(13)15/h3-4,6,8H,5,7,9-12,16H2,1-2H3. The first-order chi connectivity index (χ1) is 8.74. The molecule has 1 aliphatic rings. The molecule has 2 nitrogen and oxygen atoms in total. The second-order valence-electron chi connectivity index (χ2n) is 5.16. The van der Waals surface area contributed by atoms with E-state index in [1.807, 2.05) is 11.8 Å². The largest absolute Gasteiger partial charge is 0.328 e. The smallest absolute Gasteiger partial charge is 0.0584 e. The first-order valence-corrected chi connectivity index (χ1v) is 8.12. The summed E-state index contributed by atoms with van der Waals surface area (Å²) in [6.45, 7) is 1.82. The Morgan fingerprint density at radius 1 is 1.39 bits per heavy atom. The van der Waals surface area contributed by atoms with Gasteiger partial charge in [-0.15, -0.1) is 0 Å². The maximum absolute atomic E-state index is 6.18. The molecular formula is C15H24N2S. The number of nitrogens with two attached hydrogens (primary N) is 1. The van der Waals surface area contributed by atoms with Crippen molar-refractivity contribution in [1.82, 2.24) is 4.90 Å². The lowest BCUT2D eigenvalue weighted by Crippen LogP contribution is -2.52. The Balaban J connectivity index is 2.32. The quantitative estimate of drug-likeness (QED) is 0.886. The van der Waals surface area contributed by atoms with E-state index < -0.39 is 0 Å². The molecule has 18 heavy (non-hydrogen) atoms. The van der Waals surface area contributed by atoms with E-state index in [2.05, 4.69) is 42.5 Å². The minimum absolute atomic E-state index is 0.0601. The van der Waals surface area contributed by atoms with Crippen LogP contribution in [0.3, 0.4) is 0 Å². The average molecular weight is 264 g/mol. The van der Waals surface area contributed by atoms with Gasteiger partial charge < -0.3 is 5.73 Å². The summed E-state index contributed by atoms with van der Waals surface area (Å²) in [5.74, 6) is 1.17. The van der Waals surface area contributed by atoms with Crippen LogP contribution in [0.15, 0.2) is 24.3 Å². The zero-order valence-corrected chi connectivity index (χ0v) is 12.3. The summed E-state index contributed by atoms with van der Waals surface area (Å²) in [6.07, 6.45) is 5.80. The molecule has 1 aliphatic carbocycles. The van der Waals surface area contributed by atoms with Crippen molar-refractivity contribution in [2.24, 2.45) is 5.73 Å². The number of aryl methyl sites for hydroxylation is 1. The molecule has 0 saturated heterocycles. The van der Waals surface area contributed by atoms with Crippen molar-refractivity contribution in [2.75, 3.05) is 32.1 Å². The Labute approximate surface area is 115 Å². The number of fused-ring (bicyclic) bond motifs is 1. The third-order valence-corrected chi connectivity index (χ3v) is 4.85. The highest BCUT2D eigenvalue weighted by Crippen LogP contribution is 2.38. The molecule has 100 valence electrons. The van der Waals surface area contributed by atoms with Crippen LogP contribution in [0.2, 0.25) is 0 Å². The molecule has 1 aromatic rings. The lowest BCUT2D eigenvalue weighted by atomic mass is 9.75. The molecule has 0 aromatic heterocycles. The molecule has 0 amide bonds. The second-order valence-corrected chi connectivity index (χ2v) is 6.15. The number of rotatable bonds is 5. The summed E-state index contributed by atoms with van der Waals surface area (Å²) in [6, 6.07) is 8.84. The van der Waals surface area contributed by atoms with E-state index in [9.17, 15) is 0 Å². The van der Waals surface area contributed by atoms with Crippen LogP contribution in [-0.2, 0) is 12.0 Å². The van der Waals surface area contributed by atoms with Gasteiger partial charge in [-0.3, -0.25) is 4.90 Å². The first kappa shape index (κ1) is 13.9. The van der Waals surface area contributed by atoms with Gasteiger partial charge in [0.15, 0.2) is 0 Å². The fourth-order valence-corrected chi connectivity index (χ4v) is 3.56. The summed E-state index contributed by atoms with van der Waals surface area (Å²) in [5, 5.41) is 0. The van der Waals surface area contributed by atoms with Crippen LogP contribution in [0.5, 0.6) is 0 Å². The van der Waals surface area contributed by atoms with Crippen LogP contribution in [0.1, 0.15) is 24.0 Å². The van der Waals surface area contributed by atoms with E-state index in [0.29, 0.717) is 0 Å². The fraction of sp³-hybridized carbons (Fsp3) is 0.600. The summed E-state index contributed by atoms with van der Waals surface area (Å²) in [5.41, 5.74) is 9.19. The molecular weight excluding hydrogens is 240 g/mol. The molecule has 1 unspecified atom stereocenters. The normalized spacial score (nSPS) is 23.1. The molecule has 0 heterocycles. The van der Waals surface area contributed by atoms with Crippen LogP contribution < -0.4 is 5.73 Å². The fourth-order valence-electron chi connectivity index (χ4n) is 3.10. The lowest BCUT2D eigenvalue weighted by molar-refractivity contribution is 0.111. The number of hydrogen-bond donors (Lipinski definition) is 1. The van der Waals surface area contributed by atoms with Crippen LogP contribution in [-0.4, -0.2) is 37.0 Å². The minimum atomic E-state index is 0.0601. The number of hydrogen-bond acceptors (Lipinski definition) is 3. The molecule has 0 spiro atoms. The van der Waals surface area contributed by atoms with E-state index >= 15 is 0 Å². The lowest BCUT2D eigenvalue weighted by Gasteiger charge is -2.45. The Bertz CT molecular complexity index is 394. The maximum Gasteiger partial charge on any atom is 0.0584 e. The number of thioether (sulfide) groups is 1. The number of nitrogens with zero attached hydrogens (tertiary/aromatic N) is 1. The highest BCUT2D eigenvalue weighted by atomic mass is 32.2. The van der Waals surface area contributed by atoms with E-state index in [1.165, 1.54) is 36.1 Å². The van der Waals surface area contributed by atoms with Gasteiger partial charge in [-0.2, -0.15) is 11.8 Å². The van der Waals surface area contributed by atoms with Crippen molar-refractivity contribution in [3.05, 3.63) is 35.4 Å². The Kier molecular flexibility index (Phi) is 4.71. The van der Waals surface area contributed by atoms with E-state index in [1.54, 1.807) is 0 Å². The highest BCUT2D eigenvalue weighted by molar-refractivity contribution is 7.98. The third kappa shape index (κ3) is 2.44. The summed E-state index contributed by atoms with van der Waals surface area (Å²) < 4.78 is 0. The predicted molar refractivity (Wildman–Crippen MR) is 81.1 cm³/mol. The molecule has 2 rings (SSSR count). The average Bonchev–Trinajstić information content (AvgIpc) is 2.44. The predicted octanol–water partition coefficient (Wildman–Crippen LogP) is 2.47. The molecule has 0 aliphatic heterocycles.